The second-order valence-electron chi connectivity index (χ2n) is 6.89. The van der Waals surface area contributed by atoms with Crippen LogP contribution in [0, 0.1) is 0 Å². The summed E-state index contributed by atoms with van der Waals surface area (Å²) in [6, 6.07) is 0. The van der Waals surface area contributed by atoms with Crippen molar-refractivity contribution in [1.29, 1.82) is 0 Å². The highest BCUT2D eigenvalue weighted by Gasteiger charge is 2.26. The quantitative estimate of drug-likeness (QED) is 0.767. The Labute approximate surface area is 127 Å². The molecule has 2 fully saturated rings. The first-order valence-corrected chi connectivity index (χ1v) is 7.90. The van der Waals surface area contributed by atoms with Gasteiger partial charge in [-0.15, -0.1) is 0 Å². The molecule has 1 atom stereocenters. The summed E-state index contributed by atoms with van der Waals surface area (Å²) in [5.74, 6) is 0.209. The van der Waals surface area contributed by atoms with E-state index in [2.05, 4.69) is 9.80 Å². The third-order valence-corrected chi connectivity index (χ3v) is 4.03. The molecule has 2 heterocycles. The number of piperazine rings is 1. The topological polar surface area (TPSA) is 56.3 Å². The molecule has 0 aromatic heterocycles. The third kappa shape index (κ3) is 5.54. The zero-order valence-electron chi connectivity index (χ0n) is 13.5. The van der Waals surface area contributed by atoms with Gasteiger partial charge in [0.25, 0.3) is 0 Å². The average Bonchev–Trinajstić information content (AvgIpc) is 2.39. The van der Waals surface area contributed by atoms with Crippen molar-refractivity contribution in [3.8, 4) is 0 Å². The highest BCUT2D eigenvalue weighted by Crippen LogP contribution is 2.10. The molecule has 122 valence electrons. The highest BCUT2D eigenvalue weighted by atomic mass is 16.5. The van der Waals surface area contributed by atoms with Crippen LogP contribution >= 0.6 is 0 Å². The predicted octanol–water partition coefficient (Wildman–Crippen LogP) is -0.378. The van der Waals surface area contributed by atoms with E-state index in [1.807, 2.05) is 25.7 Å². The Balaban J connectivity index is 1.72. The monoisotopic (exact) mass is 299 g/mol. The van der Waals surface area contributed by atoms with Crippen LogP contribution in [-0.2, 0) is 9.53 Å². The number of hydrogen-bond donors (Lipinski definition) is 1. The minimum absolute atomic E-state index is 0.145. The van der Waals surface area contributed by atoms with Crippen molar-refractivity contribution >= 4 is 5.91 Å². The van der Waals surface area contributed by atoms with Crippen LogP contribution in [0.1, 0.15) is 20.8 Å². The van der Waals surface area contributed by atoms with E-state index >= 15 is 0 Å². The largest absolute Gasteiger partial charge is 0.389 e. The summed E-state index contributed by atoms with van der Waals surface area (Å²) in [7, 11) is 0. The molecule has 0 radical (unpaired) electrons. The number of hydrogen-bond acceptors (Lipinski definition) is 5. The molecule has 6 nitrogen and oxygen atoms in total. The van der Waals surface area contributed by atoms with Crippen LogP contribution in [0.3, 0.4) is 0 Å². The number of β-amino-alcohol motifs (C(OH)–C–C–N with tert-alkyl or cyclic N) is 1. The molecule has 6 heteroatoms. The molecule has 0 aromatic rings. The molecule has 1 amide bonds. The molecule has 0 spiro atoms. The molecule has 2 aliphatic rings. The number of aliphatic hydroxyl groups is 1. The fraction of sp³-hybridized carbons (Fsp3) is 0.933. The van der Waals surface area contributed by atoms with Crippen molar-refractivity contribution in [2.24, 2.45) is 0 Å². The SMILES string of the molecule is CC1CN(C(=O)CN2CCN(CC(C)(C)O)CC2)CCO1. The van der Waals surface area contributed by atoms with Gasteiger partial charge in [-0.05, 0) is 20.8 Å². The van der Waals surface area contributed by atoms with Gasteiger partial charge < -0.3 is 14.7 Å². The Morgan fingerprint density at radius 2 is 1.81 bits per heavy atom. The Morgan fingerprint density at radius 1 is 1.19 bits per heavy atom. The van der Waals surface area contributed by atoms with Crippen LogP contribution in [0.2, 0.25) is 0 Å². The lowest BCUT2D eigenvalue weighted by molar-refractivity contribution is -0.139. The number of amides is 1. The van der Waals surface area contributed by atoms with Crippen LogP contribution in [0.5, 0.6) is 0 Å². The van der Waals surface area contributed by atoms with E-state index in [-0.39, 0.29) is 12.0 Å². The highest BCUT2D eigenvalue weighted by molar-refractivity contribution is 5.78. The molecule has 0 saturated carbocycles. The molecule has 0 aliphatic carbocycles. The van der Waals surface area contributed by atoms with E-state index in [0.29, 0.717) is 32.8 Å². The van der Waals surface area contributed by atoms with Crippen molar-refractivity contribution in [3.63, 3.8) is 0 Å². The molecule has 1 unspecified atom stereocenters. The zero-order valence-corrected chi connectivity index (χ0v) is 13.5. The van der Waals surface area contributed by atoms with Gasteiger partial charge in [0.15, 0.2) is 0 Å². The molecule has 21 heavy (non-hydrogen) atoms. The van der Waals surface area contributed by atoms with Gasteiger partial charge in [-0.25, -0.2) is 0 Å². The maximum atomic E-state index is 12.3. The summed E-state index contributed by atoms with van der Waals surface area (Å²) in [5, 5.41) is 9.85. The molecular weight excluding hydrogens is 270 g/mol. The fourth-order valence-electron chi connectivity index (χ4n) is 2.99. The number of carbonyl (C=O) groups excluding carboxylic acids is 1. The van der Waals surface area contributed by atoms with E-state index in [0.717, 1.165) is 26.2 Å². The zero-order chi connectivity index (χ0) is 15.5. The maximum absolute atomic E-state index is 12.3. The van der Waals surface area contributed by atoms with Crippen molar-refractivity contribution < 1.29 is 14.6 Å². The predicted molar refractivity (Wildman–Crippen MR) is 81.2 cm³/mol. The van der Waals surface area contributed by atoms with Crippen molar-refractivity contribution in [3.05, 3.63) is 0 Å². The third-order valence-electron chi connectivity index (χ3n) is 4.03. The normalized spacial score (nSPS) is 26.1. The van der Waals surface area contributed by atoms with Crippen LogP contribution in [-0.4, -0.2) is 96.4 Å². The van der Waals surface area contributed by atoms with Crippen molar-refractivity contribution in [1.82, 2.24) is 14.7 Å². The van der Waals surface area contributed by atoms with Crippen LogP contribution in [0.25, 0.3) is 0 Å². The lowest BCUT2D eigenvalue weighted by Gasteiger charge is -2.38. The Hall–Kier alpha value is -0.690. The lowest BCUT2D eigenvalue weighted by Crippen LogP contribution is -2.54. The maximum Gasteiger partial charge on any atom is 0.236 e. The Bertz CT molecular complexity index is 349. The van der Waals surface area contributed by atoms with E-state index in [1.165, 1.54) is 0 Å². The van der Waals surface area contributed by atoms with Crippen LogP contribution in [0.4, 0.5) is 0 Å². The summed E-state index contributed by atoms with van der Waals surface area (Å²) in [6.07, 6.45) is 0.145. The first-order chi connectivity index (χ1) is 9.83. The summed E-state index contributed by atoms with van der Waals surface area (Å²) < 4.78 is 5.47. The molecule has 1 N–H and O–H groups in total. The second kappa shape index (κ2) is 7.05. The summed E-state index contributed by atoms with van der Waals surface area (Å²) in [5.41, 5.74) is -0.651. The first kappa shape index (κ1) is 16.7. The van der Waals surface area contributed by atoms with Crippen molar-refractivity contribution in [2.75, 3.05) is 59.0 Å². The molecule has 0 bridgehead atoms. The number of ether oxygens (including phenoxy) is 1. The smallest absolute Gasteiger partial charge is 0.236 e. The Kier molecular flexibility index (Phi) is 5.60. The van der Waals surface area contributed by atoms with E-state index < -0.39 is 5.60 Å². The first-order valence-electron chi connectivity index (χ1n) is 7.90. The molecule has 0 aromatic carbocycles. The summed E-state index contributed by atoms with van der Waals surface area (Å²) in [6.45, 7) is 12.5. The van der Waals surface area contributed by atoms with Gasteiger partial charge in [0, 0.05) is 45.8 Å². The minimum atomic E-state index is -0.651. The van der Waals surface area contributed by atoms with Crippen molar-refractivity contribution in [2.45, 2.75) is 32.5 Å². The lowest BCUT2D eigenvalue weighted by atomic mass is 10.1. The summed E-state index contributed by atoms with van der Waals surface area (Å²) in [4.78, 5) is 18.7. The van der Waals surface area contributed by atoms with E-state index in [1.54, 1.807) is 0 Å². The van der Waals surface area contributed by atoms with E-state index in [9.17, 15) is 9.90 Å². The van der Waals surface area contributed by atoms with Crippen LogP contribution < -0.4 is 0 Å². The molecule has 2 saturated heterocycles. The fourth-order valence-corrected chi connectivity index (χ4v) is 2.99. The van der Waals surface area contributed by atoms with E-state index in [4.69, 9.17) is 4.74 Å². The summed E-state index contributed by atoms with van der Waals surface area (Å²) >= 11 is 0. The van der Waals surface area contributed by atoms with Gasteiger partial charge in [0.05, 0.1) is 24.9 Å². The second-order valence-corrected chi connectivity index (χ2v) is 6.89. The van der Waals surface area contributed by atoms with Gasteiger partial charge in [-0.3, -0.25) is 14.6 Å². The van der Waals surface area contributed by atoms with Crippen LogP contribution in [0.15, 0.2) is 0 Å². The number of morpholine rings is 1. The number of rotatable bonds is 4. The van der Waals surface area contributed by atoms with Gasteiger partial charge in [-0.1, -0.05) is 0 Å². The molecule has 2 aliphatic heterocycles. The standard InChI is InChI=1S/C15H29N3O3/c1-13-10-18(8-9-21-13)14(19)11-16-4-6-17(7-5-16)12-15(2,3)20/h13,20H,4-12H2,1-3H3. The number of carbonyl (C=O) groups is 1. The average molecular weight is 299 g/mol. The number of nitrogens with zero attached hydrogens (tertiary/aromatic N) is 3. The van der Waals surface area contributed by atoms with Gasteiger partial charge in [0.2, 0.25) is 5.91 Å². The Morgan fingerprint density at radius 3 is 2.38 bits per heavy atom. The molecule has 2 rings (SSSR count). The van der Waals surface area contributed by atoms with Gasteiger partial charge in [0.1, 0.15) is 0 Å². The van der Waals surface area contributed by atoms with Gasteiger partial charge >= 0.3 is 0 Å². The molecular formula is C15H29N3O3. The minimum Gasteiger partial charge on any atom is -0.389 e. The van der Waals surface area contributed by atoms with Gasteiger partial charge in [-0.2, -0.15) is 0 Å².